The molecule has 2 N–H and O–H groups in total. The highest BCUT2D eigenvalue weighted by molar-refractivity contribution is 7.89. The van der Waals surface area contributed by atoms with Crippen molar-refractivity contribution in [1.82, 2.24) is 4.31 Å². The molecule has 1 aliphatic heterocycles. The van der Waals surface area contributed by atoms with E-state index >= 15 is 0 Å². The third-order valence-electron chi connectivity index (χ3n) is 4.62. The van der Waals surface area contributed by atoms with Crippen LogP contribution >= 0.6 is 12.4 Å². The van der Waals surface area contributed by atoms with Crippen LogP contribution in [0.3, 0.4) is 0 Å². The van der Waals surface area contributed by atoms with Crippen LogP contribution in [0.2, 0.25) is 0 Å². The summed E-state index contributed by atoms with van der Waals surface area (Å²) in [7, 11) is -3.04. The zero-order valence-electron chi connectivity index (χ0n) is 12.3. The van der Waals surface area contributed by atoms with Gasteiger partial charge in [0.15, 0.2) is 0 Å². The number of nitrogens with two attached hydrogens (primary N) is 1. The molecular weight excluding hydrogens is 296 g/mol. The predicted molar refractivity (Wildman–Crippen MR) is 85.6 cm³/mol. The van der Waals surface area contributed by atoms with E-state index in [2.05, 4.69) is 0 Å². The zero-order chi connectivity index (χ0) is 13.7. The van der Waals surface area contributed by atoms with Gasteiger partial charge in [0, 0.05) is 13.1 Å². The molecule has 1 unspecified atom stereocenters. The van der Waals surface area contributed by atoms with Gasteiger partial charge in [-0.3, -0.25) is 0 Å². The Morgan fingerprint density at radius 2 is 1.65 bits per heavy atom. The fourth-order valence-corrected chi connectivity index (χ4v) is 5.49. The van der Waals surface area contributed by atoms with Gasteiger partial charge in [0.05, 0.1) is 5.75 Å². The minimum atomic E-state index is -3.04. The number of sulfonamides is 1. The van der Waals surface area contributed by atoms with Gasteiger partial charge in [-0.05, 0) is 50.5 Å². The summed E-state index contributed by atoms with van der Waals surface area (Å²) >= 11 is 0. The van der Waals surface area contributed by atoms with Crippen molar-refractivity contribution in [2.45, 2.75) is 51.4 Å². The van der Waals surface area contributed by atoms with Crippen LogP contribution in [0.5, 0.6) is 0 Å². The number of rotatable bonds is 5. The minimum Gasteiger partial charge on any atom is -0.330 e. The van der Waals surface area contributed by atoms with Gasteiger partial charge in [0.2, 0.25) is 10.0 Å². The SMILES string of the molecule is Cl.NCCC1CCCN(S(=O)(=O)CC2CCCCC2)C1. The molecule has 1 saturated carbocycles. The molecule has 0 bridgehead atoms. The van der Waals surface area contributed by atoms with Crippen molar-refractivity contribution >= 4 is 22.4 Å². The molecule has 1 heterocycles. The van der Waals surface area contributed by atoms with Gasteiger partial charge in [-0.15, -0.1) is 12.4 Å². The second kappa shape index (κ2) is 8.57. The molecule has 0 aromatic rings. The molecule has 120 valence electrons. The minimum absolute atomic E-state index is 0. The van der Waals surface area contributed by atoms with Crippen LogP contribution in [0.4, 0.5) is 0 Å². The van der Waals surface area contributed by atoms with E-state index in [1.165, 1.54) is 19.3 Å². The summed E-state index contributed by atoms with van der Waals surface area (Å²) in [5, 5.41) is 0. The molecule has 1 atom stereocenters. The highest BCUT2D eigenvalue weighted by atomic mass is 35.5. The molecule has 2 fully saturated rings. The summed E-state index contributed by atoms with van der Waals surface area (Å²) in [6.45, 7) is 2.09. The molecule has 0 radical (unpaired) electrons. The standard InChI is InChI=1S/C14H28N2O2S.ClH/c15-9-8-13-7-4-10-16(11-13)19(17,18)12-14-5-2-1-3-6-14;/h13-14H,1-12,15H2;1H. The van der Waals surface area contributed by atoms with Gasteiger partial charge >= 0.3 is 0 Å². The second-order valence-electron chi connectivity index (χ2n) is 6.23. The summed E-state index contributed by atoms with van der Waals surface area (Å²) in [4.78, 5) is 0. The lowest BCUT2D eigenvalue weighted by Crippen LogP contribution is -2.42. The lowest BCUT2D eigenvalue weighted by Gasteiger charge is -2.33. The largest absolute Gasteiger partial charge is 0.330 e. The highest BCUT2D eigenvalue weighted by Gasteiger charge is 2.31. The van der Waals surface area contributed by atoms with E-state index in [1.807, 2.05) is 0 Å². The van der Waals surface area contributed by atoms with Crippen LogP contribution < -0.4 is 5.73 Å². The molecule has 2 aliphatic rings. The molecule has 0 amide bonds. The molecule has 20 heavy (non-hydrogen) atoms. The van der Waals surface area contributed by atoms with Gasteiger partial charge in [0.1, 0.15) is 0 Å². The van der Waals surface area contributed by atoms with Crippen LogP contribution in [0.25, 0.3) is 0 Å². The number of hydrogen-bond donors (Lipinski definition) is 1. The molecule has 0 spiro atoms. The Hall–Kier alpha value is 0.160. The molecule has 1 aliphatic carbocycles. The Kier molecular flexibility index (Phi) is 7.80. The molecular formula is C14H29ClN2O2S. The average molecular weight is 325 g/mol. The number of nitrogens with zero attached hydrogens (tertiary/aromatic N) is 1. The third-order valence-corrected chi connectivity index (χ3v) is 6.63. The van der Waals surface area contributed by atoms with Gasteiger partial charge in [-0.1, -0.05) is 19.3 Å². The first-order chi connectivity index (χ1) is 9.12. The molecule has 2 rings (SSSR count). The van der Waals surface area contributed by atoms with Crippen LogP contribution in [0.15, 0.2) is 0 Å². The smallest absolute Gasteiger partial charge is 0.214 e. The third kappa shape index (κ3) is 5.17. The zero-order valence-corrected chi connectivity index (χ0v) is 13.9. The van der Waals surface area contributed by atoms with Crippen LogP contribution in [0, 0.1) is 11.8 Å². The number of piperidine rings is 1. The summed E-state index contributed by atoms with van der Waals surface area (Å²) in [6.07, 6.45) is 8.96. The molecule has 4 nitrogen and oxygen atoms in total. The Bertz CT molecular complexity index is 367. The monoisotopic (exact) mass is 324 g/mol. The maximum Gasteiger partial charge on any atom is 0.214 e. The van der Waals surface area contributed by atoms with Crippen LogP contribution in [-0.4, -0.2) is 38.1 Å². The van der Waals surface area contributed by atoms with E-state index < -0.39 is 10.0 Å². The number of halogens is 1. The van der Waals surface area contributed by atoms with Crippen molar-refractivity contribution in [1.29, 1.82) is 0 Å². The van der Waals surface area contributed by atoms with Gasteiger partial charge in [-0.2, -0.15) is 0 Å². The second-order valence-corrected chi connectivity index (χ2v) is 8.24. The quantitative estimate of drug-likeness (QED) is 0.844. The summed E-state index contributed by atoms with van der Waals surface area (Å²) < 4.78 is 26.7. The van der Waals surface area contributed by atoms with Gasteiger partial charge < -0.3 is 5.73 Å². The first-order valence-corrected chi connectivity index (χ1v) is 9.40. The van der Waals surface area contributed by atoms with Crippen molar-refractivity contribution < 1.29 is 8.42 Å². The summed E-state index contributed by atoms with van der Waals surface area (Å²) in [6, 6.07) is 0. The fraction of sp³-hybridized carbons (Fsp3) is 1.00. The molecule has 6 heteroatoms. The van der Waals surface area contributed by atoms with Crippen LogP contribution in [-0.2, 0) is 10.0 Å². The maximum absolute atomic E-state index is 12.5. The Balaban J connectivity index is 0.00000200. The van der Waals surface area contributed by atoms with E-state index in [4.69, 9.17) is 5.73 Å². The molecule has 0 aromatic heterocycles. The lowest BCUT2D eigenvalue weighted by molar-refractivity contribution is 0.255. The van der Waals surface area contributed by atoms with E-state index in [1.54, 1.807) is 4.31 Å². The van der Waals surface area contributed by atoms with Crippen molar-refractivity contribution in [3.05, 3.63) is 0 Å². The summed E-state index contributed by atoms with van der Waals surface area (Å²) in [5.74, 6) is 1.25. The fourth-order valence-electron chi connectivity index (χ4n) is 3.51. The maximum atomic E-state index is 12.5. The van der Waals surface area contributed by atoms with Crippen LogP contribution in [0.1, 0.15) is 51.4 Å². The van der Waals surface area contributed by atoms with Crippen molar-refractivity contribution in [3.63, 3.8) is 0 Å². The average Bonchev–Trinajstić information content (AvgIpc) is 2.40. The normalized spacial score (nSPS) is 26.1. The Morgan fingerprint density at radius 1 is 1.00 bits per heavy atom. The predicted octanol–water partition coefficient (Wildman–Crippen LogP) is 2.38. The Labute approximate surface area is 129 Å². The topological polar surface area (TPSA) is 63.4 Å². The van der Waals surface area contributed by atoms with E-state index in [0.29, 0.717) is 30.7 Å². The molecule has 1 saturated heterocycles. The Morgan fingerprint density at radius 3 is 2.30 bits per heavy atom. The van der Waals surface area contributed by atoms with E-state index in [-0.39, 0.29) is 12.4 Å². The first-order valence-electron chi connectivity index (χ1n) is 7.79. The molecule has 0 aromatic carbocycles. The van der Waals surface area contributed by atoms with Crippen molar-refractivity contribution in [3.8, 4) is 0 Å². The van der Waals surface area contributed by atoms with E-state index in [9.17, 15) is 8.42 Å². The van der Waals surface area contributed by atoms with E-state index in [0.717, 1.165) is 38.6 Å². The lowest BCUT2D eigenvalue weighted by atomic mass is 9.91. The van der Waals surface area contributed by atoms with Crippen molar-refractivity contribution in [2.75, 3.05) is 25.4 Å². The first kappa shape index (κ1) is 18.2. The number of hydrogen-bond acceptors (Lipinski definition) is 3. The summed E-state index contributed by atoms with van der Waals surface area (Å²) in [5.41, 5.74) is 5.60. The van der Waals surface area contributed by atoms with Gasteiger partial charge in [0.25, 0.3) is 0 Å². The van der Waals surface area contributed by atoms with Crippen molar-refractivity contribution in [2.24, 2.45) is 17.6 Å². The highest BCUT2D eigenvalue weighted by Crippen LogP contribution is 2.28. The van der Waals surface area contributed by atoms with Gasteiger partial charge in [-0.25, -0.2) is 12.7 Å².